The molecular formula is C58H116O2. The van der Waals surface area contributed by atoms with Gasteiger partial charge in [-0.05, 0) is 6.92 Å². The van der Waals surface area contributed by atoms with Crippen molar-refractivity contribution in [2.24, 2.45) is 0 Å². The molecule has 0 N–H and O–H groups in total. The van der Waals surface area contributed by atoms with E-state index in [0.717, 1.165) is 0 Å². The molecule has 0 aromatic heterocycles. The van der Waals surface area contributed by atoms with Crippen molar-refractivity contribution >= 4 is 5.97 Å². The van der Waals surface area contributed by atoms with Gasteiger partial charge in [-0.25, -0.2) is 0 Å². The van der Waals surface area contributed by atoms with Crippen molar-refractivity contribution in [2.45, 2.75) is 361 Å². The van der Waals surface area contributed by atoms with Crippen molar-refractivity contribution in [1.29, 1.82) is 0 Å². The second-order valence-corrected chi connectivity index (χ2v) is 20.0. The van der Waals surface area contributed by atoms with Crippen LogP contribution in [0, 0.1) is 0 Å². The third kappa shape index (κ3) is 57.5. The van der Waals surface area contributed by atoms with Gasteiger partial charge in [-0.3, -0.25) is 4.79 Å². The Morgan fingerprint density at radius 1 is 0.217 bits per heavy atom. The fraction of sp³-hybridized carbons (Fsp3) is 0.983. The molecule has 9 saturated carbocycles. The predicted molar refractivity (Wildman–Crippen MR) is 272 cm³/mol. The predicted octanol–water partition coefficient (Wildman–Crippen LogP) is 21.6. The van der Waals surface area contributed by atoms with Crippen LogP contribution in [0.15, 0.2) is 0 Å². The van der Waals surface area contributed by atoms with E-state index in [2.05, 4.69) is 4.74 Å². The average Bonchev–Trinajstić information content (AvgIpc) is 3.38. The summed E-state index contributed by atoms with van der Waals surface area (Å²) in [7, 11) is 0. The van der Waals surface area contributed by atoms with Gasteiger partial charge >= 0.3 is 5.97 Å². The summed E-state index contributed by atoms with van der Waals surface area (Å²) >= 11 is 0. The minimum absolute atomic E-state index is 0.211. The van der Waals surface area contributed by atoms with Crippen LogP contribution >= 0.6 is 0 Å². The standard InChI is InChI=1S/9C6H12.C4H8O2/c9*1-2-4-6-5-3-1;1-3-6-4(2)5/h9*1-6H2;3H2,1-2H3. The number of carbonyl (C=O) groups excluding carboxylic acids is 1. The van der Waals surface area contributed by atoms with Gasteiger partial charge in [0.05, 0.1) is 6.61 Å². The highest BCUT2D eigenvalue weighted by molar-refractivity contribution is 5.65. The van der Waals surface area contributed by atoms with E-state index in [-0.39, 0.29) is 5.97 Å². The molecule has 2 nitrogen and oxygen atoms in total. The molecule has 9 aliphatic rings. The zero-order chi connectivity index (χ0) is 43.2. The van der Waals surface area contributed by atoms with Crippen LogP contribution in [-0.4, -0.2) is 12.6 Å². The molecule has 0 aromatic carbocycles. The largest absolute Gasteiger partial charge is 0.466 e. The van der Waals surface area contributed by atoms with Gasteiger partial charge in [0.15, 0.2) is 0 Å². The van der Waals surface area contributed by atoms with Crippen molar-refractivity contribution in [1.82, 2.24) is 0 Å². The van der Waals surface area contributed by atoms with Crippen LogP contribution in [0.4, 0.5) is 0 Å². The quantitative estimate of drug-likeness (QED) is 0.246. The molecule has 0 bridgehead atoms. The highest BCUT2D eigenvalue weighted by Crippen LogP contribution is 2.20. The van der Waals surface area contributed by atoms with E-state index >= 15 is 0 Å². The number of hydrogen-bond acceptors (Lipinski definition) is 2. The molecular weight excluding hydrogens is 729 g/mol. The van der Waals surface area contributed by atoms with Crippen LogP contribution in [-0.2, 0) is 9.53 Å². The Kier molecular flexibility index (Phi) is 56.0. The van der Waals surface area contributed by atoms with Crippen LogP contribution in [0.1, 0.15) is 361 Å². The second kappa shape index (κ2) is 56.5. The summed E-state index contributed by atoms with van der Waals surface area (Å²) in [5.41, 5.74) is 0. The van der Waals surface area contributed by atoms with Gasteiger partial charge in [-0.15, -0.1) is 0 Å². The zero-order valence-corrected chi connectivity index (χ0v) is 42.2. The number of hydrogen-bond donors (Lipinski definition) is 0. The third-order valence-electron chi connectivity index (χ3n) is 13.8. The molecule has 0 unspecified atom stereocenters. The van der Waals surface area contributed by atoms with E-state index in [0.29, 0.717) is 6.61 Å². The Balaban J connectivity index is 0.000000645. The van der Waals surface area contributed by atoms with Gasteiger partial charge in [0.1, 0.15) is 0 Å². The molecule has 9 rings (SSSR count). The molecule has 9 fully saturated rings. The van der Waals surface area contributed by atoms with Crippen LogP contribution < -0.4 is 0 Å². The van der Waals surface area contributed by atoms with Crippen LogP contribution in [0.5, 0.6) is 0 Å². The topological polar surface area (TPSA) is 26.3 Å². The van der Waals surface area contributed by atoms with Gasteiger partial charge < -0.3 is 4.74 Å². The first-order chi connectivity index (χ1) is 29.8. The lowest BCUT2D eigenvalue weighted by molar-refractivity contribution is -0.140. The molecule has 0 aliphatic heterocycles. The van der Waals surface area contributed by atoms with Crippen molar-refractivity contribution in [3.05, 3.63) is 0 Å². The Morgan fingerprint density at radius 3 is 0.300 bits per heavy atom. The summed E-state index contributed by atoms with van der Waals surface area (Å²) in [5, 5.41) is 0. The monoisotopic (exact) mass is 845 g/mol. The Labute approximate surface area is 381 Å². The molecule has 0 spiro atoms. The smallest absolute Gasteiger partial charge is 0.302 e. The second-order valence-electron chi connectivity index (χ2n) is 20.0. The van der Waals surface area contributed by atoms with Crippen molar-refractivity contribution in [2.75, 3.05) is 6.61 Å². The first kappa shape index (κ1) is 59.5. The zero-order valence-electron chi connectivity index (χ0n) is 42.2. The maximum atomic E-state index is 9.82. The van der Waals surface area contributed by atoms with Crippen LogP contribution in [0.3, 0.4) is 0 Å². The highest BCUT2D eigenvalue weighted by Gasteiger charge is 2.00. The molecule has 0 heterocycles. The van der Waals surface area contributed by atoms with Gasteiger partial charge in [0, 0.05) is 6.92 Å². The van der Waals surface area contributed by atoms with Gasteiger partial charge in [-0.2, -0.15) is 0 Å². The van der Waals surface area contributed by atoms with Gasteiger partial charge in [-0.1, -0.05) is 347 Å². The lowest BCUT2D eigenvalue weighted by atomic mass is 10.0. The molecule has 60 heavy (non-hydrogen) atoms. The highest BCUT2D eigenvalue weighted by atomic mass is 16.5. The van der Waals surface area contributed by atoms with E-state index < -0.39 is 0 Å². The summed E-state index contributed by atoms with van der Waals surface area (Å²) in [6, 6.07) is 0. The molecule has 0 aromatic rings. The van der Waals surface area contributed by atoms with E-state index in [4.69, 9.17) is 0 Å². The first-order valence-electron chi connectivity index (χ1n) is 28.9. The minimum Gasteiger partial charge on any atom is -0.466 e. The molecule has 0 atom stereocenters. The lowest BCUT2D eigenvalue weighted by Crippen LogP contribution is -1.95. The van der Waals surface area contributed by atoms with E-state index in [9.17, 15) is 4.79 Å². The number of ether oxygens (including phenoxy) is 1. The van der Waals surface area contributed by atoms with Crippen molar-refractivity contribution in [3.63, 3.8) is 0 Å². The average molecular weight is 846 g/mol. The fourth-order valence-corrected chi connectivity index (χ4v) is 9.75. The van der Waals surface area contributed by atoms with E-state index in [1.165, 1.54) is 354 Å². The Morgan fingerprint density at radius 2 is 0.283 bits per heavy atom. The number of rotatable bonds is 1. The molecule has 9 aliphatic carbocycles. The Hall–Kier alpha value is -0.530. The van der Waals surface area contributed by atoms with Gasteiger partial charge in [0.2, 0.25) is 0 Å². The van der Waals surface area contributed by atoms with Crippen molar-refractivity contribution < 1.29 is 9.53 Å². The summed E-state index contributed by atoms with van der Waals surface area (Å²) in [6.07, 6.45) is 81.0. The van der Waals surface area contributed by atoms with Crippen LogP contribution in [0.25, 0.3) is 0 Å². The van der Waals surface area contributed by atoms with E-state index in [1.807, 2.05) is 0 Å². The van der Waals surface area contributed by atoms with Crippen molar-refractivity contribution in [3.8, 4) is 0 Å². The minimum atomic E-state index is -0.211. The molecule has 2 heteroatoms. The maximum absolute atomic E-state index is 9.82. The molecule has 0 radical (unpaired) electrons. The SMILES string of the molecule is C1CCCCC1.C1CCCCC1.C1CCCCC1.C1CCCCC1.C1CCCCC1.C1CCCCC1.C1CCCCC1.C1CCCCC1.C1CCCCC1.CCOC(C)=O. The number of esters is 1. The third-order valence-corrected chi connectivity index (χ3v) is 13.8. The molecule has 0 saturated heterocycles. The lowest BCUT2D eigenvalue weighted by Gasteiger charge is -2.05. The maximum Gasteiger partial charge on any atom is 0.302 e. The normalized spacial score (nSPS) is 22.4. The molecule has 0 amide bonds. The summed E-state index contributed by atoms with van der Waals surface area (Å²) in [5.74, 6) is -0.211. The Bertz CT molecular complexity index is 436. The van der Waals surface area contributed by atoms with Crippen LogP contribution in [0.2, 0.25) is 0 Å². The summed E-state index contributed by atoms with van der Waals surface area (Å²) in [4.78, 5) is 9.82. The summed E-state index contributed by atoms with van der Waals surface area (Å²) < 4.78 is 4.40. The van der Waals surface area contributed by atoms with Gasteiger partial charge in [0.25, 0.3) is 0 Å². The first-order valence-corrected chi connectivity index (χ1v) is 28.9. The fourth-order valence-electron chi connectivity index (χ4n) is 9.75. The number of carbonyl (C=O) groups is 1. The molecule has 360 valence electrons. The summed E-state index contributed by atoms with van der Waals surface area (Å²) in [6.45, 7) is 3.65. The van der Waals surface area contributed by atoms with E-state index in [1.54, 1.807) is 6.92 Å².